The summed E-state index contributed by atoms with van der Waals surface area (Å²) in [6.07, 6.45) is 1.67. The van der Waals surface area contributed by atoms with Crippen molar-refractivity contribution < 1.29 is 14.0 Å². The minimum Gasteiger partial charge on any atom is -0.468 e. The Hall–Kier alpha value is -2.64. The van der Waals surface area contributed by atoms with Gasteiger partial charge in [-0.1, -0.05) is 42.5 Å². The zero-order valence-electron chi connectivity index (χ0n) is 17.0. The van der Waals surface area contributed by atoms with E-state index in [9.17, 15) is 9.59 Å². The third-order valence-corrected chi connectivity index (χ3v) is 7.22. The van der Waals surface area contributed by atoms with E-state index >= 15 is 0 Å². The number of hydrogen-bond donors (Lipinski definition) is 1. The number of amides is 2. The summed E-state index contributed by atoms with van der Waals surface area (Å²) < 4.78 is 5.30. The number of thioether (sulfide) groups is 2. The lowest BCUT2D eigenvalue weighted by Crippen LogP contribution is -2.28. The average molecular weight is 453 g/mol. The van der Waals surface area contributed by atoms with E-state index in [0.717, 1.165) is 28.4 Å². The number of nitrogens with one attached hydrogen (secondary N) is 1. The van der Waals surface area contributed by atoms with E-state index in [4.69, 9.17) is 4.42 Å². The summed E-state index contributed by atoms with van der Waals surface area (Å²) in [6, 6.07) is 21.4. The Balaban J connectivity index is 1.29. The second kappa shape index (κ2) is 10.6. The molecule has 1 aromatic heterocycles. The molecule has 2 aromatic carbocycles. The fraction of sp³-hybridized carbons (Fsp3) is 0.250. The summed E-state index contributed by atoms with van der Waals surface area (Å²) in [4.78, 5) is 26.7. The predicted octanol–water partition coefficient (Wildman–Crippen LogP) is 4.72. The van der Waals surface area contributed by atoms with Crippen LogP contribution in [-0.2, 0) is 17.1 Å². The van der Waals surface area contributed by atoms with Gasteiger partial charge in [0.1, 0.15) is 11.1 Å². The molecule has 31 heavy (non-hydrogen) atoms. The van der Waals surface area contributed by atoms with E-state index in [2.05, 4.69) is 5.32 Å². The van der Waals surface area contributed by atoms with Crippen molar-refractivity contribution in [3.8, 4) is 0 Å². The van der Waals surface area contributed by atoms with Crippen LogP contribution in [0.25, 0.3) is 0 Å². The molecule has 160 valence electrons. The molecule has 1 atom stereocenters. The topological polar surface area (TPSA) is 62.6 Å². The number of carbonyl (C=O) groups excluding carboxylic acids is 2. The fourth-order valence-electron chi connectivity index (χ4n) is 3.39. The minimum atomic E-state index is -0.0820. The van der Waals surface area contributed by atoms with Crippen molar-refractivity contribution in [2.45, 2.75) is 17.7 Å². The fourth-order valence-corrected chi connectivity index (χ4v) is 5.33. The molecule has 5 nitrogen and oxygen atoms in total. The molecule has 1 aliphatic heterocycles. The zero-order chi connectivity index (χ0) is 21.5. The molecule has 0 spiro atoms. The lowest BCUT2D eigenvalue weighted by atomic mass is 10.1. The predicted molar refractivity (Wildman–Crippen MR) is 126 cm³/mol. The van der Waals surface area contributed by atoms with E-state index < -0.39 is 0 Å². The molecule has 3 aromatic rings. The highest BCUT2D eigenvalue weighted by Crippen LogP contribution is 2.39. The third kappa shape index (κ3) is 5.74. The monoisotopic (exact) mass is 452 g/mol. The van der Waals surface area contributed by atoms with Crippen LogP contribution in [0.15, 0.2) is 77.4 Å². The first-order valence-corrected chi connectivity index (χ1v) is 12.3. The number of furan rings is 1. The molecule has 4 rings (SSSR count). The van der Waals surface area contributed by atoms with Gasteiger partial charge in [-0.15, -0.1) is 11.8 Å². The van der Waals surface area contributed by atoms with Crippen LogP contribution in [0.4, 0.5) is 0 Å². The van der Waals surface area contributed by atoms with Crippen molar-refractivity contribution in [2.75, 3.05) is 18.1 Å². The van der Waals surface area contributed by atoms with Gasteiger partial charge in [0, 0.05) is 24.4 Å². The van der Waals surface area contributed by atoms with Gasteiger partial charge in [-0.25, -0.2) is 0 Å². The quantitative estimate of drug-likeness (QED) is 0.476. The van der Waals surface area contributed by atoms with Crippen LogP contribution in [0.2, 0.25) is 0 Å². The molecule has 1 aliphatic rings. The smallest absolute Gasteiger partial charge is 0.251 e. The van der Waals surface area contributed by atoms with Gasteiger partial charge in [-0.05, 0) is 35.4 Å². The molecule has 1 saturated heterocycles. The van der Waals surface area contributed by atoms with Crippen LogP contribution in [-0.4, -0.2) is 34.8 Å². The Bertz CT molecular complexity index is 991. The molecule has 0 saturated carbocycles. The Morgan fingerprint density at radius 2 is 1.90 bits per heavy atom. The first-order valence-electron chi connectivity index (χ1n) is 10.1. The zero-order valence-corrected chi connectivity index (χ0v) is 18.7. The lowest BCUT2D eigenvalue weighted by molar-refractivity contribution is -0.128. The first kappa shape index (κ1) is 21.6. The number of carbonyl (C=O) groups is 2. The van der Waals surface area contributed by atoms with Crippen molar-refractivity contribution in [3.63, 3.8) is 0 Å². The molecular formula is C24H24N2O3S2. The van der Waals surface area contributed by atoms with Gasteiger partial charge in [-0.3, -0.25) is 9.59 Å². The van der Waals surface area contributed by atoms with Crippen molar-refractivity contribution in [3.05, 3.63) is 95.4 Å². The molecule has 2 amide bonds. The van der Waals surface area contributed by atoms with Gasteiger partial charge in [0.25, 0.3) is 5.91 Å². The largest absolute Gasteiger partial charge is 0.468 e. The van der Waals surface area contributed by atoms with Crippen LogP contribution in [0.1, 0.15) is 32.6 Å². The maximum atomic E-state index is 12.4. The Labute approximate surface area is 190 Å². The minimum absolute atomic E-state index is 0.0252. The van der Waals surface area contributed by atoms with E-state index in [1.807, 2.05) is 71.6 Å². The highest BCUT2D eigenvalue weighted by molar-refractivity contribution is 8.00. The second-order valence-corrected chi connectivity index (χ2v) is 9.35. The number of benzene rings is 2. The Kier molecular flexibility index (Phi) is 7.38. The lowest BCUT2D eigenvalue weighted by Gasteiger charge is -2.24. The van der Waals surface area contributed by atoms with E-state index in [0.29, 0.717) is 24.4 Å². The van der Waals surface area contributed by atoms with Gasteiger partial charge in [-0.2, -0.15) is 11.8 Å². The molecule has 2 heterocycles. The van der Waals surface area contributed by atoms with Crippen molar-refractivity contribution in [2.24, 2.45) is 0 Å². The summed E-state index contributed by atoms with van der Waals surface area (Å²) >= 11 is 3.35. The van der Waals surface area contributed by atoms with Gasteiger partial charge in [0.15, 0.2) is 0 Å². The van der Waals surface area contributed by atoms with Crippen molar-refractivity contribution >= 4 is 35.3 Å². The number of hydrogen-bond acceptors (Lipinski definition) is 5. The van der Waals surface area contributed by atoms with Gasteiger partial charge in [0.2, 0.25) is 5.91 Å². The summed E-state index contributed by atoms with van der Waals surface area (Å²) in [5.74, 6) is 3.11. The van der Waals surface area contributed by atoms with Gasteiger partial charge in [0.05, 0.1) is 17.8 Å². The number of rotatable bonds is 9. The maximum absolute atomic E-state index is 12.4. The summed E-state index contributed by atoms with van der Waals surface area (Å²) in [5.41, 5.74) is 2.78. The molecule has 0 radical (unpaired) electrons. The molecular weight excluding hydrogens is 428 g/mol. The van der Waals surface area contributed by atoms with Crippen LogP contribution < -0.4 is 5.32 Å². The maximum Gasteiger partial charge on any atom is 0.251 e. The number of nitrogens with zero attached hydrogens (tertiary/aromatic N) is 1. The van der Waals surface area contributed by atoms with Crippen LogP contribution in [0, 0.1) is 0 Å². The first-order chi connectivity index (χ1) is 15.2. The van der Waals surface area contributed by atoms with E-state index in [-0.39, 0.29) is 17.2 Å². The Morgan fingerprint density at radius 1 is 1.10 bits per heavy atom. The molecule has 1 N–H and O–H groups in total. The third-order valence-electron chi connectivity index (χ3n) is 4.98. The van der Waals surface area contributed by atoms with Crippen LogP contribution in [0.3, 0.4) is 0 Å². The second-order valence-electron chi connectivity index (χ2n) is 7.18. The van der Waals surface area contributed by atoms with E-state index in [1.54, 1.807) is 29.8 Å². The highest BCUT2D eigenvalue weighted by Gasteiger charge is 2.32. The standard InChI is InChI=1S/C24H24N2O3S2/c27-22-17-31-24(26(22)15-18-5-2-1-3-6-18)20-10-8-19(9-11-20)23(28)25-12-14-30-16-21-7-4-13-29-21/h1-11,13,24H,12,14-17H2,(H,25,28). The average Bonchev–Trinajstić information content (AvgIpc) is 3.45. The van der Waals surface area contributed by atoms with Crippen LogP contribution >= 0.6 is 23.5 Å². The van der Waals surface area contributed by atoms with Crippen LogP contribution in [0.5, 0.6) is 0 Å². The Morgan fingerprint density at radius 3 is 2.65 bits per heavy atom. The summed E-state index contributed by atoms with van der Waals surface area (Å²) in [5, 5.41) is 2.93. The van der Waals surface area contributed by atoms with E-state index in [1.165, 1.54) is 0 Å². The van der Waals surface area contributed by atoms with Crippen molar-refractivity contribution in [1.82, 2.24) is 10.2 Å². The van der Waals surface area contributed by atoms with Crippen molar-refractivity contribution in [1.29, 1.82) is 0 Å². The SMILES string of the molecule is O=C(NCCSCc1ccco1)c1ccc(C2SCC(=O)N2Cc2ccccc2)cc1. The molecule has 7 heteroatoms. The molecule has 1 unspecified atom stereocenters. The highest BCUT2D eigenvalue weighted by atomic mass is 32.2. The van der Waals surface area contributed by atoms with Gasteiger partial charge >= 0.3 is 0 Å². The normalized spacial score (nSPS) is 15.9. The molecule has 1 fully saturated rings. The summed E-state index contributed by atoms with van der Waals surface area (Å²) in [6.45, 7) is 1.19. The summed E-state index contributed by atoms with van der Waals surface area (Å²) in [7, 11) is 0. The van der Waals surface area contributed by atoms with Gasteiger partial charge < -0.3 is 14.6 Å². The molecule has 0 bridgehead atoms. The molecule has 0 aliphatic carbocycles.